The van der Waals surface area contributed by atoms with Crippen LogP contribution in [0.2, 0.25) is 0 Å². The van der Waals surface area contributed by atoms with Crippen LogP contribution >= 0.6 is 0 Å². The van der Waals surface area contributed by atoms with Gasteiger partial charge in [-0.1, -0.05) is 81.5 Å². The first-order valence-electron chi connectivity index (χ1n) is 17.5. The third kappa shape index (κ3) is 23.5. The minimum Gasteiger partial charge on any atom is -0.463 e. The fourth-order valence-electron chi connectivity index (χ4n) is 4.11. The lowest BCUT2D eigenvalue weighted by molar-refractivity contribution is -0.164. The molecule has 1 aromatic heterocycles. The number of amides is 1. The molecule has 13 heteroatoms. The predicted molar refractivity (Wildman–Crippen MR) is 193 cm³/mol. The van der Waals surface area contributed by atoms with E-state index >= 15 is 0 Å². The highest BCUT2D eigenvalue weighted by molar-refractivity contribution is 5.84. The van der Waals surface area contributed by atoms with Crippen LogP contribution in [0.15, 0.2) is 73.3 Å². The SMILES string of the molecule is CC.CC/C=C\C/C=C\C/C=C\C/C=C\C/C=C\CCCC(=O)OC[C@@H](O)[C@@H](O)[C@H](O)[C@H](O)COC(=O)[C@H](Cc1cnc[nH]1)NC(=O)CCN. The van der Waals surface area contributed by atoms with Gasteiger partial charge in [0.1, 0.15) is 43.7 Å². The topological polar surface area (TPSA) is 217 Å². The van der Waals surface area contributed by atoms with E-state index in [9.17, 15) is 34.8 Å². The van der Waals surface area contributed by atoms with Gasteiger partial charge in [0.25, 0.3) is 0 Å². The molecule has 0 unspecified atom stereocenters. The van der Waals surface area contributed by atoms with Gasteiger partial charge in [-0.15, -0.1) is 0 Å². The van der Waals surface area contributed by atoms with Gasteiger partial charge < -0.3 is 45.9 Å². The van der Waals surface area contributed by atoms with Crippen LogP contribution in [0.1, 0.15) is 84.3 Å². The van der Waals surface area contributed by atoms with Crippen molar-refractivity contribution in [3.05, 3.63) is 79.0 Å². The maximum atomic E-state index is 12.6. The number of aromatic amines is 1. The van der Waals surface area contributed by atoms with Gasteiger partial charge >= 0.3 is 11.9 Å². The molecule has 13 nitrogen and oxygen atoms in total. The van der Waals surface area contributed by atoms with Gasteiger partial charge in [0.15, 0.2) is 0 Å². The van der Waals surface area contributed by atoms with E-state index in [-0.39, 0.29) is 25.8 Å². The number of aliphatic hydroxyl groups is 4. The minimum absolute atomic E-state index is 0.0167. The molecule has 0 aliphatic heterocycles. The number of nitrogens with one attached hydrogen (secondary N) is 2. The minimum atomic E-state index is -1.93. The quantitative estimate of drug-likeness (QED) is 0.0422. The fourth-order valence-corrected chi connectivity index (χ4v) is 4.11. The summed E-state index contributed by atoms with van der Waals surface area (Å²) in [6, 6.07) is -1.13. The number of rotatable bonds is 26. The third-order valence-electron chi connectivity index (χ3n) is 6.83. The van der Waals surface area contributed by atoms with Crippen molar-refractivity contribution in [2.75, 3.05) is 19.8 Å². The van der Waals surface area contributed by atoms with Crippen LogP contribution < -0.4 is 11.1 Å². The highest BCUT2D eigenvalue weighted by atomic mass is 16.6. The van der Waals surface area contributed by atoms with Crippen LogP contribution in [-0.4, -0.2) is 98.5 Å². The Kier molecular flexibility index (Phi) is 28.7. The summed E-state index contributed by atoms with van der Waals surface area (Å²) >= 11 is 0. The Bertz CT molecular complexity index is 1170. The summed E-state index contributed by atoms with van der Waals surface area (Å²) in [5.41, 5.74) is 5.92. The molecule has 8 N–H and O–H groups in total. The Balaban J connectivity index is 0.0000118. The molecule has 1 aromatic rings. The zero-order valence-electron chi connectivity index (χ0n) is 29.9. The first-order chi connectivity index (χ1) is 24.2. The lowest BCUT2D eigenvalue weighted by atomic mass is 10.0. The van der Waals surface area contributed by atoms with E-state index in [4.69, 9.17) is 15.2 Å². The molecule has 0 fully saturated rings. The number of carbonyl (C=O) groups excluding carboxylic acids is 3. The number of hydrogen-bond acceptors (Lipinski definition) is 11. The molecule has 0 aliphatic rings. The Morgan fingerprint density at radius 2 is 1.34 bits per heavy atom. The summed E-state index contributed by atoms with van der Waals surface area (Å²) in [6.45, 7) is 4.84. The first-order valence-corrected chi connectivity index (χ1v) is 17.5. The van der Waals surface area contributed by atoms with E-state index in [0.29, 0.717) is 18.5 Å². The highest BCUT2D eigenvalue weighted by Gasteiger charge is 2.33. The summed E-state index contributed by atoms with van der Waals surface area (Å²) in [4.78, 5) is 43.3. The molecule has 0 saturated carbocycles. The molecule has 0 spiro atoms. The summed E-state index contributed by atoms with van der Waals surface area (Å²) in [7, 11) is 0. The van der Waals surface area contributed by atoms with Crippen molar-refractivity contribution in [3.63, 3.8) is 0 Å². The van der Waals surface area contributed by atoms with Gasteiger partial charge in [-0.3, -0.25) is 9.59 Å². The van der Waals surface area contributed by atoms with E-state index in [0.717, 1.165) is 32.1 Å². The number of H-pyrrole nitrogens is 1. The summed E-state index contributed by atoms with van der Waals surface area (Å²) in [5.74, 6) is -1.98. The molecule has 0 aliphatic carbocycles. The number of allylic oxidation sites excluding steroid dienone is 10. The van der Waals surface area contributed by atoms with Crippen molar-refractivity contribution >= 4 is 17.8 Å². The molecule has 50 heavy (non-hydrogen) atoms. The van der Waals surface area contributed by atoms with E-state index in [1.807, 2.05) is 26.0 Å². The third-order valence-corrected chi connectivity index (χ3v) is 6.83. The molecular formula is C37H60N4O9. The van der Waals surface area contributed by atoms with Crippen molar-refractivity contribution in [2.24, 2.45) is 5.73 Å². The zero-order valence-corrected chi connectivity index (χ0v) is 29.9. The smallest absolute Gasteiger partial charge is 0.329 e. The number of esters is 2. The van der Waals surface area contributed by atoms with Crippen molar-refractivity contribution in [1.82, 2.24) is 15.3 Å². The lowest BCUT2D eigenvalue weighted by Crippen LogP contribution is -2.49. The number of nitrogens with two attached hydrogens (primary N) is 1. The van der Waals surface area contributed by atoms with Gasteiger partial charge in [-0.05, 0) is 44.9 Å². The Morgan fingerprint density at radius 1 is 0.820 bits per heavy atom. The van der Waals surface area contributed by atoms with Gasteiger partial charge in [-0.25, -0.2) is 9.78 Å². The molecule has 1 amide bonds. The second-order valence-corrected chi connectivity index (χ2v) is 11.0. The van der Waals surface area contributed by atoms with Crippen molar-refractivity contribution in [3.8, 4) is 0 Å². The average molecular weight is 705 g/mol. The first kappa shape index (κ1) is 46.1. The number of carbonyl (C=O) groups is 3. The van der Waals surface area contributed by atoms with Gasteiger partial charge in [0, 0.05) is 37.7 Å². The maximum absolute atomic E-state index is 12.6. The van der Waals surface area contributed by atoms with Crippen LogP contribution in [0.4, 0.5) is 0 Å². The molecule has 1 heterocycles. The summed E-state index contributed by atoms with van der Waals surface area (Å²) in [5, 5.41) is 43.4. The standard InChI is InChI=1S/C35H54N4O9.C2H6/c1-2-3-4-5-6-7-8-9-10-11-12-13-14-15-16-17-18-19-32(43)47-24-29(40)33(44)34(45)30(41)25-48-35(46)28(39-31(42)20-21-36)22-27-23-37-26-38-27;1-2/h3-4,6-7,9-10,12-13,15-16,23,26,28-30,33-34,40-41,44-45H,2,5,8,11,14,17-22,24-25,36H2,1H3,(H,37,38)(H,39,42);1-2H3/b4-3-,7-6-,10-9-,13-12-,16-15-;/t28-,29+,30+,33+,34+;/m0./s1. The fraction of sp³-hybridized carbons (Fsp3) is 0.568. The molecule has 1 rings (SSSR count). The lowest BCUT2D eigenvalue weighted by Gasteiger charge is -2.26. The number of imidazole rings is 1. The van der Waals surface area contributed by atoms with Crippen LogP contribution in [0, 0.1) is 0 Å². The van der Waals surface area contributed by atoms with Crippen LogP contribution in [0.5, 0.6) is 0 Å². The van der Waals surface area contributed by atoms with E-state index in [1.165, 1.54) is 12.5 Å². The van der Waals surface area contributed by atoms with Gasteiger partial charge in [0.05, 0.1) is 6.33 Å². The predicted octanol–water partition coefficient (Wildman–Crippen LogP) is 3.26. The van der Waals surface area contributed by atoms with Crippen molar-refractivity contribution in [2.45, 2.75) is 115 Å². The number of hydrogen-bond donors (Lipinski definition) is 7. The normalized spacial score (nSPS) is 14.9. The van der Waals surface area contributed by atoms with E-state index < -0.39 is 61.5 Å². The second kappa shape index (κ2) is 31.1. The molecule has 0 bridgehead atoms. The molecular weight excluding hydrogens is 644 g/mol. The van der Waals surface area contributed by atoms with Crippen molar-refractivity contribution < 1.29 is 44.3 Å². The van der Waals surface area contributed by atoms with Crippen LogP contribution in [0.25, 0.3) is 0 Å². The Hall–Kier alpha value is -3.88. The zero-order chi connectivity index (χ0) is 37.4. The molecule has 5 atom stereocenters. The van der Waals surface area contributed by atoms with Crippen LogP contribution in [0.3, 0.4) is 0 Å². The average Bonchev–Trinajstić information content (AvgIpc) is 3.64. The van der Waals surface area contributed by atoms with Crippen molar-refractivity contribution in [1.29, 1.82) is 0 Å². The Morgan fingerprint density at radius 3 is 1.84 bits per heavy atom. The highest BCUT2D eigenvalue weighted by Crippen LogP contribution is 2.09. The Labute approximate surface area is 297 Å². The largest absolute Gasteiger partial charge is 0.463 e. The second-order valence-electron chi connectivity index (χ2n) is 11.0. The summed E-state index contributed by atoms with van der Waals surface area (Å²) < 4.78 is 10.0. The van der Waals surface area contributed by atoms with E-state index in [1.54, 1.807) is 0 Å². The number of ether oxygens (including phenoxy) is 2. The van der Waals surface area contributed by atoms with E-state index in [2.05, 4.69) is 70.8 Å². The summed E-state index contributed by atoms with van der Waals surface area (Å²) in [6.07, 6.45) is 22.5. The van der Waals surface area contributed by atoms with Gasteiger partial charge in [0.2, 0.25) is 5.91 Å². The van der Waals surface area contributed by atoms with Crippen LogP contribution in [-0.2, 0) is 30.3 Å². The number of nitrogens with zero attached hydrogens (tertiary/aromatic N) is 1. The molecule has 0 radical (unpaired) electrons. The molecule has 0 saturated heterocycles. The number of aliphatic hydroxyl groups excluding tert-OH is 4. The molecule has 0 aromatic carbocycles. The maximum Gasteiger partial charge on any atom is 0.329 e. The van der Waals surface area contributed by atoms with Gasteiger partial charge in [-0.2, -0.15) is 0 Å². The number of unbranched alkanes of at least 4 members (excludes halogenated alkanes) is 1. The number of aromatic nitrogens is 2. The monoisotopic (exact) mass is 704 g/mol. The molecule has 282 valence electrons.